The van der Waals surface area contributed by atoms with E-state index < -0.39 is 11.9 Å². The molecule has 1 saturated heterocycles. The lowest BCUT2D eigenvalue weighted by Crippen LogP contribution is -2.40. The molecule has 2 unspecified atom stereocenters. The zero-order valence-electron chi connectivity index (χ0n) is 11.4. The summed E-state index contributed by atoms with van der Waals surface area (Å²) < 4.78 is 0. The van der Waals surface area contributed by atoms with Crippen molar-refractivity contribution < 1.29 is 14.7 Å². The van der Waals surface area contributed by atoms with Gasteiger partial charge in [0.1, 0.15) is 0 Å². The van der Waals surface area contributed by atoms with Crippen LogP contribution < -0.4 is 5.32 Å². The van der Waals surface area contributed by atoms with E-state index in [4.69, 9.17) is 16.7 Å². The summed E-state index contributed by atoms with van der Waals surface area (Å²) in [7, 11) is 0. The Morgan fingerprint density at radius 2 is 2.15 bits per heavy atom. The molecule has 0 aliphatic carbocycles. The third-order valence-corrected chi connectivity index (χ3v) is 4.16. The molecule has 1 aliphatic rings. The van der Waals surface area contributed by atoms with Crippen molar-refractivity contribution in [1.29, 1.82) is 0 Å². The molecule has 1 aromatic rings. The highest BCUT2D eigenvalue weighted by Gasteiger charge is 2.38. The summed E-state index contributed by atoms with van der Waals surface area (Å²) in [5.74, 6) is -1.35. The van der Waals surface area contributed by atoms with Crippen LogP contribution in [0.5, 0.6) is 0 Å². The van der Waals surface area contributed by atoms with E-state index in [2.05, 4.69) is 5.32 Å². The summed E-state index contributed by atoms with van der Waals surface area (Å²) in [5, 5.41) is 12.4. The van der Waals surface area contributed by atoms with Gasteiger partial charge in [-0.05, 0) is 38.0 Å². The summed E-state index contributed by atoms with van der Waals surface area (Å²) >= 11 is 6.01. The van der Waals surface area contributed by atoms with E-state index in [1.54, 1.807) is 24.0 Å². The van der Waals surface area contributed by atoms with Crippen LogP contribution in [0.3, 0.4) is 0 Å². The van der Waals surface area contributed by atoms with Crippen LogP contribution in [0.4, 0.5) is 10.5 Å². The van der Waals surface area contributed by atoms with Crippen molar-refractivity contribution >= 4 is 29.3 Å². The van der Waals surface area contributed by atoms with Gasteiger partial charge in [0.15, 0.2) is 0 Å². The Hall–Kier alpha value is -1.75. The fourth-order valence-electron chi connectivity index (χ4n) is 2.42. The first kappa shape index (κ1) is 14.7. The fraction of sp³-hybridized carbons (Fsp3) is 0.429. The number of carbonyl (C=O) groups excluding carboxylic acids is 1. The lowest BCUT2D eigenvalue weighted by Gasteiger charge is -2.23. The molecule has 108 valence electrons. The molecule has 20 heavy (non-hydrogen) atoms. The van der Waals surface area contributed by atoms with Crippen LogP contribution in [-0.4, -0.2) is 34.6 Å². The largest absolute Gasteiger partial charge is 0.481 e. The van der Waals surface area contributed by atoms with Crippen molar-refractivity contribution in [3.63, 3.8) is 0 Å². The third kappa shape index (κ3) is 2.88. The number of amides is 2. The van der Waals surface area contributed by atoms with E-state index in [1.807, 2.05) is 13.0 Å². The Labute approximate surface area is 122 Å². The van der Waals surface area contributed by atoms with Gasteiger partial charge in [-0.2, -0.15) is 0 Å². The maximum absolute atomic E-state index is 12.2. The van der Waals surface area contributed by atoms with Crippen LogP contribution in [0.25, 0.3) is 0 Å². The lowest BCUT2D eigenvalue weighted by atomic mass is 10.0. The number of carboxylic acid groups (broad SMARTS) is 1. The molecule has 2 rings (SSSR count). The minimum absolute atomic E-state index is 0.291. The number of likely N-dealkylation sites (tertiary alicyclic amines) is 1. The molecule has 0 spiro atoms. The second kappa shape index (κ2) is 5.71. The number of halogens is 1. The maximum atomic E-state index is 12.2. The Balaban J connectivity index is 2.05. The van der Waals surface area contributed by atoms with Crippen molar-refractivity contribution in [1.82, 2.24) is 4.90 Å². The van der Waals surface area contributed by atoms with E-state index >= 15 is 0 Å². The van der Waals surface area contributed by atoms with Crippen molar-refractivity contribution in [3.8, 4) is 0 Å². The van der Waals surface area contributed by atoms with Gasteiger partial charge >= 0.3 is 12.0 Å². The Morgan fingerprint density at radius 1 is 1.45 bits per heavy atom. The smallest absolute Gasteiger partial charge is 0.322 e. The van der Waals surface area contributed by atoms with Crippen LogP contribution in [0.1, 0.15) is 18.9 Å². The van der Waals surface area contributed by atoms with Gasteiger partial charge in [-0.15, -0.1) is 0 Å². The summed E-state index contributed by atoms with van der Waals surface area (Å²) in [6.45, 7) is 4.09. The molecule has 1 heterocycles. The Kier molecular flexibility index (Phi) is 4.18. The number of aryl methyl sites for hydroxylation is 1. The molecule has 1 fully saturated rings. The predicted octanol–water partition coefficient (Wildman–Crippen LogP) is 2.98. The SMILES string of the molecule is Cc1ccc(NC(=O)N2CCC(C(=O)O)C2C)cc1Cl. The molecule has 0 saturated carbocycles. The van der Waals surface area contributed by atoms with Gasteiger partial charge < -0.3 is 15.3 Å². The summed E-state index contributed by atoms with van der Waals surface area (Å²) in [4.78, 5) is 24.8. The van der Waals surface area contributed by atoms with E-state index in [9.17, 15) is 9.59 Å². The van der Waals surface area contributed by atoms with Crippen molar-refractivity contribution in [2.75, 3.05) is 11.9 Å². The van der Waals surface area contributed by atoms with Gasteiger partial charge in [-0.3, -0.25) is 4.79 Å². The zero-order valence-corrected chi connectivity index (χ0v) is 12.1. The van der Waals surface area contributed by atoms with E-state index in [0.29, 0.717) is 23.7 Å². The standard InChI is InChI=1S/C14H17ClN2O3/c1-8-3-4-10(7-12(8)15)16-14(20)17-6-5-11(9(17)2)13(18)19/h3-4,7,9,11H,5-6H2,1-2H3,(H,16,20)(H,18,19). The molecule has 2 amide bonds. The number of hydrogen-bond acceptors (Lipinski definition) is 2. The minimum Gasteiger partial charge on any atom is -0.481 e. The predicted molar refractivity (Wildman–Crippen MR) is 77.1 cm³/mol. The Bertz CT molecular complexity index is 547. The van der Waals surface area contributed by atoms with Crippen molar-refractivity contribution in [2.45, 2.75) is 26.3 Å². The maximum Gasteiger partial charge on any atom is 0.322 e. The van der Waals surface area contributed by atoms with Gasteiger partial charge in [0.05, 0.1) is 5.92 Å². The molecule has 2 atom stereocenters. The molecule has 5 nitrogen and oxygen atoms in total. The van der Waals surface area contributed by atoms with Gasteiger partial charge in [0.25, 0.3) is 0 Å². The third-order valence-electron chi connectivity index (χ3n) is 3.76. The number of rotatable bonds is 2. The highest BCUT2D eigenvalue weighted by Crippen LogP contribution is 2.26. The van der Waals surface area contributed by atoms with Crippen LogP contribution >= 0.6 is 11.6 Å². The average Bonchev–Trinajstić information content (AvgIpc) is 2.76. The molecule has 1 aromatic carbocycles. The summed E-state index contributed by atoms with van der Waals surface area (Å²) in [5.41, 5.74) is 1.54. The molecule has 6 heteroatoms. The molecule has 1 aliphatic heterocycles. The van der Waals surface area contributed by atoms with Gasteiger partial charge in [0.2, 0.25) is 0 Å². The molecule has 0 aromatic heterocycles. The van der Waals surface area contributed by atoms with Crippen LogP contribution in [0.15, 0.2) is 18.2 Å². The van der Waals surface area contributed by atoms with E-state index in [-0.39, 0.29) is 12.1 Å². The van der Waals surface area contributed by atoms with Crippen molar-refractivity contribution in [3.05, 3.63) is 28.8 Å². The number of carbonyl (C=O) groups is 2. The fourth-order valence-corrected chi connectivity index (χ4v) is 2.60. The number of anilines is 1. The monoisotopic (exact) mass is 296 g/mol. The number of urea groups is 1. The molecule has 0 bridgehead atoms. The molecular formula is C14H17ClN2O3. The lowest BCUT2D eigenvalue weighted by molar-refractivity contribution is -0.142. The second-order valence-corrected chi connectivity index (χ2v) is 5.47. The number of benzene rings is 1. The van der Waals surface area contributed by atoms with Crippen LogP contribution in [0.2, 0.25) is 5.02 Å². The first-order chi connectivity index (χ1) is 9.40. The average molecular weight is 297 g/mol. The van der Waals surface area contributed by atoms with Gasteiger partial charge in [0, 0.05) is 23.3 Å². The molecule has 2 N–H and O–H groups in total. The zero-order chi connectivity index (χ0) is 14.9. The number of nitrogens with one attached hydrogen (secondary N) is 1. The minimum atomic E-state index is -0.855. The van der Waals surface area contributed by atoms with E-state index in [1.165, 1.54) is 0 Å². The Morgan fingerprint density at radius 3 is 2.70 bits per heavy atom. The van der Waals surface area contributed by atoms with Gasteiger partial charge in [-0.25, -0.2) is 4.79 Å². The molecule has 0 radical (unpaired) electrons. The normalized spacial score (nSPS) is 21.9. The number of aliphatic carboxylic acids is 1. The first-order valence-electron chi connectivity index (χ1n) is 6.46. The van der Waals surface area contributed by atoms with Crippen molar-refractivity contribution in [2.24, 2.45) is 5.92 Å². The van der Waals surface area contributed by atoms with E-state index in [0.717, 1.165) is 5.56 Å². The first-order valence-corrected chi connectivity index (χ1v) is 6.84. The van der Waals surface area contributed by atoms with Crippen LogP contribution in [-0.2, 0) is 4.79 Å². The highest BCUT2D eigenvalue weighted by molar-refractivity contribution is 6.31. The quantitative estimate of drug-likeness (QED) is 0.881. The summed E-state index contributed by atoms with van der Waals surface area (Å²) in [6, 6.07) is 4.68. The topological polar surface area (TPSA) is 69.6 Å². The van der Waals surface area contributed by atoms with Crippen LogP contribution in [0, 0.1) is 12.8 Å². The number of carboxylic acids is 1. The number of nitrogens with zero attached hydrogens (tertiary/aromatic N) is 1. The number of hydrogen-bond donors (Lipinski definition) is 2. The highest BCUT2D eigenvalue weighted by atomic mass is 35.5. The van der Waals surface area contributed by atoms with Gasteiger partial charge in [-0.1, -0.05) is 17.7 Å². The molecular weight excluding hydrogens is 280 g/mol. The summed E-state index contributed by atoms with van der Waals surface area (Å²) in [6.07, 6.45) is 0.485. The second-order valence-electron chi connectivity index (χ2n) is 5.06.